The molecule has 0 aromatic heterocycles. The van der Waals surface area contributed by atoms with Crippen LogP contribution in [0.4, 0.5) is 22.4 Å². The highest BCUT2D eigenvalue weighted by Crippen LogP contribution is 2.30. The lowest BCUT2D eigenvalue weighted by Crippen LogP contribution is -2.39. The van der Waals surface area contributed by atoms with Crippen molar-refractivity contribution in [3.8, 4) is 5.75 Å². The van der Waals surface area contributed by atoms with E-state index >= 15 is 0 Å². The molecule has 5 rings (SSSR count). The number of ketones is 1. The molecule has 0 atom stereocenters. The molecule has 2 aliphatic rings. The van der Waals surface area contributed by atoms with Crippen LogP contribution in [0, 0.1) is 23.3 Å². The lowest BCUT2D eigenvalue weighted by Gasteiger charge is -2.27. The largest absolute Gasteiger partial charge is 0.492 e. The number of carbonyl (C=O) groups excluding carboxylic acids is 3. The molecule has 2 amide bonds. The van der Waals surface area contributed by atoms with E-state index in [1.165, 1.54) is 29.2 Å². The normalized spacial score (nSPS) is 18.7. The molecule has 0 radical (unpaired) electrons. The molecular formula is C32H26F4N2O5. The number of nitrogens with one attached hydrogen (secondary N) is 1. The van der Waals surface area contributed by atoms with Crippen molar-refractivity contribution >= 4 is 29.9 Å². The second kappa shape index (κ2) is 12.9. The quantitative estimate of drug-likeness (QED) is 0.267. The van der Waals surface area contributed by atoms with E-state index < -0.39 is 41.0 Å². The average Bonchev–Trinajstić information content (AvgIpc) is 3.39. The van der Waals surface area contributed by atoms with Crippen LogP contribution < -0.4 is 10.1 Å². The Balaban J connectivity index is 1.31. The van der Waals surface area contributed by atoms with Crippen molar-refractivity contribution in [1.29, 1.82) is 0 Å². The van der Waals surface area contributed by atoms with Crippen molar-refractivity contribution in [2.75, 3.05) is 26.3 Å². The first-order chi connectivity index (χ1) is 20.7. The minimum absolute atomic E-state index is 0.0960. The number of halogens is 4. The third-order valence-electron chi connectivity index (χ3n) is 7.01. The second-order valence-corrected chi connectivity index (χ2v) is 10.1. The molecule has 0 spiro atoms. The van der Waals surface area contributed by atoms with E-state index in [9.17, 15) is 31.9 Å². The second-order valence-electron chi connectivity index (χ2n) is 10.1. The zero-order valence-electron chi connectivity index (χ0n) is 22.7. The zero-order chi connectivity index (χ0) is 30.5. The van der Waals surface area contributed by atoms with Gasteiger partial charge in [0, 0.05) is 22.8 Å². The number of Topliss-reactive ketones (excluding diaryl/α,β-unsaturated/α-hetero) is 1. The van der Waals surface area contributed by atoms with Crippen molar-refractivity contribution in [2.24, 2.45) is 0 Å². The van der Waals surface area contributed by atoms with Gasteiger partial charge in [-0.05, 0) is 84.7 Å². The highest BCUT2D eigenvalue weighted by molar-refractivity contribution is 6.14. The molecule has 0 bridgehead atoms. The Morgan fingerprint density at radius 2 is 1.44 bits per heavy atom. The third-order valence-corrected chi connectivity index (χ3v) is 7.01. The predicted octanol–water partition coefficient (Wildman–Crippen LogP) is 5.70. The van der Waals surface area contributed by atoms with Crippen molar-refractivity contribution in [2.45, 2.75) is 18.9 Å². The summed E-state index contributed by atoms with van der Waals surface area (Å²) in [7, 11) is 0. The van der Waals surface area contributed by atoms with Gasteiger partial charge in [0.1, 0.15) is 19.0 Å². The van der Waals surface area contributed by atoms with Crippen molar-refractivity contribution in [3.05, 3.63) is 112 Å². The summed E-state index contributed by atoms with van der Waals surface area (Å²) >= 11 is 0. The monoisotopic (exact) mass is 594 g/mol. The molecule has 3 aromatic rings. The minimum Gasteiger partial charge on any atom is -0.492 e. The third kappa shape index (κ3) is 7.29. The molecule has 11 heteroatoms. The highest BCUT2D eigenvalue weighted by Gasteiger charge is 2.29. The number of benzene rings is 3. The first-order valence-corrected chi connectivity index (χ1v) is 13.5. The fourth-order valence-corrected chi connectivity index (χ4v) is 4.83. The smallest absolute Gasteiger partial charge is 0.410 e. The first-order valence-electron chi connectivity index (χ1n) is 13.5. The zero-order valence-corrected chi connectivity index (χ0v) is 22.7. The number of amides is 2. The summed E-state index contributed by atoms with van der Waals surface area (Å²) in [5.74, 6) is -4.56. The van der Waals surface area contributed by atoms with Crippen LogP contribution in [0.15, 0.2) is 71.8 Å². The van der Waals surface area contributed by atoms with Crippen LogP contribution in [0.1, 0.15) is 34.3 Å². The lowest BCUT2D eigenvalue weighted by atomic mass is 9.83. The molecule has 2 fully saturated rings. The molecule has 43 heavy (non-hydrogen) atoms. The van der Waals surface area contributed by atoms with Crippen molar-refractivity contribution in [3.63, 3.8) is 0 Å². The standard InChI is InChI=1S/C32H26F4N2O5/c33-26-7-1-19(15-28(26)35)13-22-17-24(18-23(30(22)39)14-20-2-8-27(34)29(36)16-20)37-31(40)21-3-5-25(6-4-21)42-11-9-38-10-12-43-32(38)41/h1-8,13-16,24H,9-12,17-18H2,(H,37,40)/b22-13+,23-14+. The Labute approximate surface area is 244 Å². The lowest BCUT2D eigenvalue weighted by molar-refractivity contribution is -0.113. The van der Waals surface area contributed by atoms with Crippen LogP contribution in [-0.2, 0) is 9.53 Å². The summed E-state index contributed by atoms with van der Waals surface area (Å²) in [6, 6.07) is 12.2. The van der Waals surface area contributed by atoms with Crippen molar-refractivity contribution in [1.82, 2.24) is 10.2 Å². The van der Waals surface area contributed by atoms with Gasteiger partial charge in [0.05, 0.1) is 13.1 Å². The van der Waals surface area contributed by atoms with Crippen LogP contribution in [0.25, 0.3) is 12.2 Å². The molecule has 1 saturated heterocycles. The van der Waals surface area contributed by atoms with E-state index in [1.807, 2.05) is 0 Å². The van der Waals surface area contributed by atoms with Gasteiger partial charge in [-0.15, -0.1) is 0 Å². The molecule has 1 heterocycles. The van der Waals surface area contributed by atoms with Gasteiger partial charge in [-0.25, -0.2) is 22.4 Å². The van der Waals surface area contributed by atoms with Gasteiger partial charge in [0.2, 0.25) is 0 Å². The van der Waals surface area contributed by atoms with Gasteiger partial charge < -0.3 is 19.7 Å². The molecule has 1 N–H and O–H groups in total. The first kappa shape index (κ1) is 29.6. The fraction of sp³-hybridized carbons (Fsp3) is 0.219. The average molecular weight is 595 g/mol. The summed E-state index contributed by atoms with van der Waals surface area (Å²) in [5, 5.41) is 2.89. The Morgan fingerprint density at radius 1 is 0.860 bits per heavy atom. The van der Waals surface area contributed by atoms with Crippen LogP contribution in [0.2, 0.25) is 0 Å². The van der Waals surface area contributed by atoms with Gasteiger partial charge in [-0.3, -0.25) is 9.59 Å². The minimum atomic E-state index is -1.08. The predicted molar refractivity (Wildman–Crippen MR) is 149 cm³/mol. The van der Waals surface area contributed by atoms with Crippen LogP contribution in [-0.4, -0.2) is 55.0 Å². The van der Waals surface area contributed by atoms with Crippen molar-refractivity contribution < 1.29 is 41.4 Å². The number of rotatable bonds is 8. The van der Waals surface area contributed by atoms with Crippen LogP contribution >= 0.6 is 0 Å². The Bertz CT molecular complexity index is 1550. The molecular weight excluding hydrogens is 568 g/mol. The van der Waals surface area contributed by atoms with Gasteiger partial charge in [-0.2, -0.15) is 0 Å². The van der Waals surface area contributed by atoms with Gasteiger partial charge >= 0.3 is 6.09 Å². The maximum atomic E-state index is 13.8. The number of ether oxygens (including phenoxy) is 2. The highest BCUT2D eigenvalue weighted by atomic mass is 19.2. The molecule has 1 aliphatic carbocycles. The SMILES string of the molecule is O=C1/C(=C/c2ccc(F)c(F)c2)CC(NC(=O)c2ccc(OCCN3CCOC3=O)cc2)C/C1=C\c1ccc(F)c(F)c1. The number of cyclic esters (lactones) is 1. The van der Waals surface area contributed by atoms with E-state index in [4.69, 9.17) is 9.47 Å². The van der Waals surface area contributed by atoms with Crippen LogP contribution in [0.5, 0.6) is 5.75 Å². The number of nitrogens with zero attached hydrogens (tertiary/aromatic N) is 1. The molecule has 0 unspecified atom stereocenters. The summed E-state index contributed by atoms with van der Waals surface area (Å²) in [6.07, 6.45) is 2.63. The maximum Gasteiger partial charge on any atom is 0.410 e. The topological polar surface area (TPSA) is 84.9 Å². The van der Waals surface area contributed by atoms with E-state index in [0.717, 1.165) is 24.3 Å². The fourth-order valence-electron chi connectivity index (χ4n) is 4.83. The molecule has 3 aromatic carbocycles. The Morgan fingerprint density at radius 3 is 1.95 bits per heavy atom. The summed E-state index contributed by atoms with van der Waals surface area (Å²) in [6.45, 7) is 1.46. The molecule has 1 aliphatic heterocycles. The van der Waals surface area contributed by atoms with E-state index in [-0.39, 0.29) is 47.8 Å². The summed E-state index contributed by atoms with van der Waals surface area (Å²) < 4.78 is 65.1. The maximum absolute atomic E-state index is 13.8. The van der Waals surface area contributed by atoms with Crippen LogP contribution in [0.3, 0.4) is 0 Å². The van der Waals surface area contributed by atoms with Gasteiger partial charge in [0.25, 0.3) is 5.91 Å². The number of hydrogen-bond donors (Lipinski definition) is 1. The van der Waals surface area contributed by atoms with E-state index in [0.29, 0.717) is 31.0 Å². The number of carbonyl (C=O) groups is 3. The number of hydrogen-bond acceptors (Lipinski definition) is 5. The Hall–Kier alpha value is -4.93. The van der Waals surface area contributed by atoms with Gasteiger partial charge in [-0.1, -0.05) is 12.1 Å². The van der Waals surface area contributed by atoms with E-state index in [2.05, 4.69) is 5.32 Å². The molecule has 7 nitrogen and oxygen atoms in total. The van der Waals surface area contributed by atoms with E-state index in [1.54, 1.807) is 24.3 Å². The molecule has 222 valence electrons. The molecule has 1 saturated carbocycles. The summed E-state index contributed by atoms with van der Waals surface area (Å²) in [5.41, 5.74) is 1.27. The summed E-state index contributed by atoms with van der Waals surface area (Å²) in [4.78, 5) is 39.5. The van der Waals surface area contributed by atoms with Gasteiger partial charge in [0.15, 0.2) is 29.1 Å². The Kier molecular flexibility index (Phi) is 8.89.